The number of methoxy groups -OCH3 is 1. The first-order chi connectivity index (χ1) is 8.95. The van der Waals surface area contributed by atoms with E-state index in [2.05, 4.69) is 4.99 Å². The molecular weight excluding hydrogens is 369 g/mol. The molecule has 0 aromatic heterocycles. The van der Waals surface area contributed by atoms with Crippen molar-refractivity contribution >= 4 is 35.9 Å². The predicted octanol–water partition coefficient (Wildman–Crippen LogP) is 2.07. The SMILES string of the molecule is COC(=O)c1cccc(CN=C(N(C)C)N(C)C)c1.I. The Morgan fingerprint density at radius 2 is 1.80 bits per heavy atom. The van der Waals surface area contributed by atoms with Crippen molar-refractivity contribution in [3.8, 4) is 0 Å². The van der Waals surface area contributed by atoms with E-state index < -0.39 is 0 Å². The molecule has 0 N–H and O–H groups in total. The highest BCUT2D eigenvalue weighted by atomic mass is 127. The highest BCUT2D eigenvalue weighted by Gasteiger charge is 2.07. The van der Waals surface area contributed by atoms with Crippen LogP contribution in [0.4, 0.5) is 0 Å². The number of rotatable bonds is 3. The molecule has 0 radical (unpaired) electrons. The van der Waals surface area contributed by atoms with E-state index >= 15 is 0 Å². The zero-order valence-electron chi connectivity index (χ0n) is 12.6. The number of esters is 1. The van der Waals surface area contributed by atoms with Crippen molar-refractivity contribution < 1.29 is 9.53 Å². The molecule has 5 nitrogen and oxygen atoms in total. The van der Waals surface area contributed by atoms with E-state index in [1.807, 2.05) is 50.1 Å². The molecule has 0 saturated carbocycles. The number of carbonyl (C=O) groups is 1. The van der Waals surface area contributed by atoms with E-state index in [1.165, 1.54) is 7.11 Å². The summed E-state index contributed by atoms with van der Waals surface area (Å²) >= 11 is 0. The number of carbonyl (C=O) groups excluding carboxylic acids is 1. The summed E-state index contributed by atoms with van der Waals surface area (Å²) in [7, 11) is 9.17. The van der Waals surface area contributed by atoms with Gasteiger partial charge < -0.3 is 14.5 Å². The molecule has 6 heteroatoms. The molecule has 1 rings (SSSR count). The van der Waals surface area contributed by atoms with Crippen LogP contribution in [0.1, 0.15) is 15.9 Å². The van der Waals surface area contributed by atoms with Gasteiger partial charge in [0, 0.05) is 28.2 Å². The highest BCUT2D eigenvalue weighted by molar-refractivity contribution is 14.0. The van der Waals surface area contributed by atoms with E-state index in [0.29, 0.717) is 12.1 Å². The molecule has 0 fully saturated rings. The van der Waals surface area contributed by atoms with Gasteiger partial charge in [0.25, 0.3) is 0 Å². The quantitative estimate of drug-likeness (QED) is 0.343. The van der Waals surface area contributed by atoms with Crippen molar-refractivity contribution in [1.29, 1.82) is 0 Å². The highest BCUT2D eigenvalue weighted by Crippen LogP contribution is 2.08. The molecule has 1 aromatic carbocycles. The fraction of sp³-hybridized carbons (Fsp3) is 0.429. The van der Waals surface area contributed by atoms with Crippen molar-refractivity contribution in [2.75, 3.05) is 35.3 Å². The molecule has 0 unspecified atom stereocenters. The van der Waals surface area contributed by atoms with Crippen LogP contribution in [0.15, 0.2) is 29.3 Å². The monoisotopic (exact) mass is 391 g/mol. The maximum absolute atomic E-state index is 11.4. The molecule has 0 bridgehead atoms. The molecule has 0 saturated heterocycles. The van der Waals surface area contributed by atoms with Crippen LogP contribution in [-0.4, -0.2) is 57.0 Å². The fourth-order valence-electron chi connectivity index (χ4n) is 1.76. The molecule has 0 heterocycles. The lowest BCUT2D eigenvalue weighted by Gasteiger charge is -2.22. The molecular formula is C14H22IN3O2. The Kier molecular flexibility index (Phi) is 8.21. The molecule has 0 aliphatic carbocycles. The molecule has 0 amide bonds. The van der Waals surface area contributed by atoms with Gasteiger partial charge in [-0.1, -0.05) is 12.1 Å². The predicted molar refractivity (Wildman–Crippen MR) is 91.7 cm³/mol. The number of halogens is 1. The van der Waals surface area contributed by atoms with Crippen LogP contribution in [-0.2, 0) is 11.3 Å². The summed E-state index contributed by atoms with van der Waals surface area (Å²) < 4.78 is 4.70. The van der Waals surface area contributed by atoms with Crippen LogP contribution < -0.4 is 0 Å². The summed E-state index contributed by atoms with van der Waals surface area (Å²) in [5, 5.41) is 0. The van der Waals surface area contributed by atoms with E-state index in [4.69, 9.17) is 4.74 Å². The minimum Gasteiger partial charge on any atom is -0.465 e. The lowest BCUT2D eigenvalue weighted by molar-refractivity contribution is 0.0600. The first-order valence-corrected chi connectivity index (χ1v) is 6.02. The third-order valence-corrected chi connectivity index (χ3v) is 2.55. The Hall–Kier alpha value is -1.31. The Morgan fingerprint density at radius 1 is 1.20 bits per heavy atom. The van der Waals surface area contributed by atoms with E-state index in [0.717, 1.165) is 11.5 Å². The fourth-order valence-corrected chi connectivity index (χ4v) is 1.76. The van der Waals surface area contributed by atoms with Crippen LogP contribution >= 0.6 is 24.0 Å². The molecule has 0 spiro atoms. The maximum atomic E-state index is 11.4. The average Bonchev–Trinajstić information content (AvgIpc) is 2.37. The van der Waals surface area contributed by atoms with Gasteiger partial charge in [-0.25, -0.2) is 9.79 Å². The number of nitrogens with zero attached hydrogens (tertiary/aromatic N) is 3. The second-order valence-corrected chi connectivity index (χ2v) is 4.60. The average molecular weight is 391 g/mol. The normalized spacial score (nSPS) is 9.25. The second-order valence-electron chi connectivity index (χ2n) is 4.60. The number of hydrogen-bond acceptors (Lipinski definition) is 3. The Morgan fingerprint density at radius 3 is 2.30 bits per heavy atom. The largest absolute Gasteiger partial charge is 0.465 e. The summed E-state index contributed by atoms with van der Waals surface area (Å²) in [6.07, 6.45) is 0. The number of ether oxygens (including phenoxy) is 1. The third-order valence-electron chi connectivity index (χ3n) is 2.55. The Balaban J connectivity index is 0.00000361. The molecule has 0 aliphatic rings. The van der Waals surface area contributed by atoms with Crippen LogP contribution in [0.3, 0.4) is 0 Å². The van der Waals surface area contributed by atoms with Crippen molar-refractivity contribution in [2.45, 2.75) is 6.54 Å². The third kappa shape index (κ3) is 5.36. The molecule has 1 aromatic rings. The van der Waals surface area contributed by atoms with Gasteiger partial charge in [-0.2, -0.15) is 0 Å². The van der Waals surface area contributed by atoms with Crippen molar-refractivity contribution in [3.63, 3.8) is 0 Å². The maximum Gasteiger partial charge on any atom is 0.337 e. The van der Waals surface area contributed by atoms with E-state index in [-0.39, 0.29) is 29.9 Å². The van der Waals surface area contributed by atoms with Gasteiger partial charge in [-0.15, -0.1) is 24.0 Å². The van der Waals surface area contributed by atoms with Crippen molar-refractivity contribution in [2.24, 2.45) is 4.99 Å². The van der Waals surface area contributed by atoms with E-state index in [1.54, 1.807) is 12.1 Å². The molecule has 0 atom stereocenters. The summed E-state index contributed by atoms with van der Waals surface area (Å²) in [4.78, 5) is 19.9. The van der Waals surface area contributed by atoms with Crippen LogP contribution in [0, 0.1) is 0 Å². The van der Waals surface area contributed by atoms with Crippen LogP contribution in [0.5, 0.6) is 0 Å². The van der Waals surface area contributed by atoms with Gasteiger partial charge in [0.2, 0.25) is 0 Å². The smallest absolute Gasteiger partial charge is 0.337 e. The topological polar surface area (TPSA) is 45.1 Å². The first-order valence-electron chi connectivity index (χ1n) is 6.02. The Labute approximate surface area is 137 Å². The number of benzene rings is 1. The summed E-state index contributed by atoms with van der Waals surface area (Å²) in [6, 6.07) is 7.32. The Bertz CT molecular complexity index is 463. The molecule has 112 valence electrons. The minimum absolute atomic E-state index is 0. The number of aliphatic imine (C=N–C) groups is 1. The molecule has 20 heavy (non-hydrogen) atoms. The van der Waals surface area contributed by atoms with Gasteiger partial charge in [0.15, 0.2) is 5.96 Å². The lowest BCUT2D eigenvalue weighted by Crippen LogP contribution is -2.35. The zero-order chi connectivity index (χ0) is 14.4. The van der Waals surface area contributed by atoms with Gasteiger partial charge in [0.05, 0.1) is 19.2 Å². The standard InChI is InChI=1S/C14H21N3O2.HI/c1-16(2)14(17(3)4)15-10-11-7-6-8-12(9-11)13(18)19-5;/h6-9H,10H2,1-5H3;1H. The number of hydrogen-bond donors (Lipinski definition) is 0. The van der Waals surface area contributed by atoms with Gasteiger partial charge in [-0.05, 0) is 17.7 Å². The summed E-state index contributed by atoms with van der Waals surface area (Å²) in [5.74, 6) is 0.551. The van der Waals surface area contributed by atoms with Gasteiger partial charge in [-0.3, -0.25) is 0 Å². The van der Waals surface area contributed by atoms with E-state index in [9.17, 15) is 4.79 Å². The minimum atomic E-state index is -0.328. The summed E-state index contributed by atoms with van der Waals surface area (Å²) in [5.41, 5.74) is 1.52. The van der Waals surface area contributed by atoms with Gasteiger partial charge in [0.1, 0.15) is 0 Å². The first kappa shape index (κ1) is 18.7. The molecule has 0 aliphatic heterocycles. The number of guanidine groups is 1. The van der Waals surface area contributed by atoms with Crippen molar-refractivity contribution in [3.05, 3.63) is 35.4 Å². The van der Waals surface area contributed by atoms with Crippen LogP contribution in [0.2, 0.25) is 0 Å². The summed E-state index contributed by atoms with van der Waals surface area (Å²) in [6.45, 7) is 0.524. The van der Waals surface area contributed by atoms with Crippen LogP contribution in [0.25, 0.3) is 0 Å². The van der Waals surface area contributed by atoms with Gasteiger partial charge >= 0.3 is 5.97 Å². The van der Waals surface area contributed by atoms with Crippen molar-refractivity contribution in [1.82, 2.24) is 9.80 Å². The lowest BCUT2D eigenvalue weighted by atomic mass is 10.1. The second kappa shape index (κ2) is 8.78. The zero-order valence-corrected chi connectivity index (χ0v) is 14.9.